The first kappa shape index (κ1) is 25.0. The first-order valence-corrected chi connectivity index (χ1v) is 10.8. The fraction of sp³-hybridized carbons (Fsp3) is 0.333. The second kappa shape index (κ2) is 8.82. The number of hydrogen-bond acceptors (Lipinski definition) is 4. The molecule has 0 N–H and O–H groups in total. The third-order valence-electron chi connectivity index (χ3n) is 6.32. The SMILES string of the molecule is CN(C)C(=O)N1CC2(C1)C(=O)N(c1ccc(C#N)c(F)c1)CC(=O)N2Cc1ccc(C(F)(F)F)cc1. The second-order valence-electron chi connectivity index (χ2n) is 8.91. The highest BCUT2D eigenvalue weighted by Crippen LogP contribution is 2.38. The Balaban J connectivity index is 1.67. The van der Waals surface area contributed by atoms with Gasteiger partial charge in [-0.15, -0.1) is 0 Å². The lowest BCUT2D eigenvalue weighted by Crippen LogP contribution is -2.81. The maximum Gasteiger partial charge on any atom is 0.416 e. The number of hydrogen-bond donors (Lipinski definition) is 0. The van der Waals surface area contributed by atoms with Crippen molar-refractivity contribution >= 4 is 23.5 Å². The molecule has 0 aromatic heterocycles. The van der Waals surface area contributed by atoms with Gasteiger partial charge >= 0.3 is 12.2 Å². The van der Waals surface area contributed by atoms with E-state index in [1.54, 1.807) is 6.07 Å². The Morgan fingerprint density at radius 1 is 1.11 bits per heavy atom. The lowest BCUT2D eigenvalue weighted by molar-refractivity contribution is -0.162. The molecular formula is C24H21F4N5O3. The van der Waals surface area contributed by atoms with Crippen LogP contribution in [0.5, 0.6) is 0 Å². The molecule has 0 atom stereocenters. The van der Waals surface area contributed by atoms with Crippen molar-refractivity contribution in [2.45, 2.75) is 18.3 Å². The Morgan fingerprint density at radius 3 is 2.28 bits per heavy atom. The molecule has 2 aliphatic heterocycles. The van der Waals surface area contributed by atoms with Gasteiger partial charge in [0, 0.05) is 26.3 Å². The van der Waals surface area contributed by atoms with Crippen molar-refractivity contribution in [1.29, 1.82) is 5.26 Å². The van der Waals surface area contributed by atoms with Crippen LogP contribution in [0.3, 0.4) is 0 Å². The van der Waals surface area contributed by atoms with Crippen molar-refractivity contribution in [3.63, 3.8) is 0 Å². The van der Waals surface area contributed by atoms with Gasteiger partial charge in [0.2, 0.25) is 5.91 Å². The fourth-order valence-corrected chi connectivity index (χ4v) is 4.40. The van der Waals surface area contributed by atoms with Crippen molar-refractivity contribution in [3.8, 4) is 6.07 Å². The van der Waals surface area contributed by atoms with Crippen LogP contribution in [0.4, 0.5) is 28.0 Å². The molecule has 2 fully saturated rings. The summed E-state index contributed by atoms with van der Waals surface area (Å²) in [5.74, 6) is -1.92. The van der Waals surface area contributed by atoms with Crippen molar-refractivity contribution < 1.29 is 31.9 Å². The number of nitrogens with zero attached hydrogens (tertiary/aromatic N) is 5. The third-order valence-corrected chi connectivity index (χ3v) is 6.32. The van der Waals surface area contributed by atoms with Gasteiger partial charge in [0.25, 0.3) is 5.91 Å². The molecule has 0 radical (unpaired) electrons. The summed E-state index contributed by atoms with van der Waals surface area (Å²) in [4.78, 5) is 44.5. The second-order valence-corrected chi connectivity index (χ2v) is 8.91. The Hall–Kier alpha value is -4.14. The van der Waals surface area contributed by atoms with Crippen LogP contribution in [0, 0.1) is 17.1 Å². The molecule has 2 aliphatic rings. The van der Waals surface area contributed by atoms with Crippen LogP contribution in [0.1, 0.15) is 16.7 Å². The van der Waals surface area contributed by atoms with E-state index in [9.17, 15) is 31.9 Å². The average Bonchev–Trinajstić information content (AvgIpc) is 2.79. The average molecular weight is 503 g/mol. The van der Waals surface area contributed by atoms with Crippen LogP contribution in [0.2, 0.25) is 0 Å². The summed E-state index contributed by atoms with van der Waals surface area (Å²) in [6, 6.07) is 9.11. The zero-order valence-electron chi connectivity index (χ0n) is 19.3. The van der Waals surface area contributed by atoms with E-state index >= 15 is 0 Å². The Morgan fingerprint density at radius 2 is 1.75 bits per heavy atom. The number of alkyl halides is 3. The molecule has 36 heavy (non-hydrogen) atoms. The molecule has 0 saturated carbocycles. The predicted octanol–water partition coefficient (Wildman–Crippen LogP) is 2.83. The number of carbonyl (C=O) groups excluding carboxylic acids is 3. The Bertz CT molecular complexity index is 1260. The molecule has 4 amide bonds. The number of urea groups is 1. The zero-order chi connectivity index (χ0) is 26.4. The van der Waals surface area contributed by atoms with Crippen molar-refractivity contribution in [2.24, 2.45) is 0 Å². The van der Waals surface area contributed by atoms with Gasteiger partial charge in [-0.3, -0.25) is 9.59 Å². The van der Waals surface area contributed by atoms with Gasteiger partial charge < -0.3 is 19.6 Å². The standard InChI is InChI=1S/C24H21F4N5O3/c1-30(2)22(36)31-13-23(14-31)21(35)32(18-8-5-16(10-29)19(25)9-18)12-20(34)33(23)11-15-3-6-17(7-4-15)24(26,27)28/h3-9H,11-14H2,1-2H3. The minimum atomic E-state index is -4.52. The summed E-state index contributed by atoms with van der Waals surface area (Å²) in [5.41, 5.74) is -2.09. The number of nitriles is 1. The molecule has 2 aromatic carbocycles. The number of amides is 4. The van der Waals surface area contributed by atoms with Crippen LogP contribution < -0.4 is 4.90 Å². The van der Waals surface area contributed by atoms with Crippen LogP contribution in [-0.4, -0.2) is 71.8 Å². The minimum Gasteiger partial charge on any atom is -0.331 e. The summed E-state index contributed by atoms with van der Waals surface area (Å²) < 4.78 is 53.1. The molecule has 0 bridgehead atoms. The maximum absolute atomic E-state index is 14.3. The molecule has 2 heterocycles. The first-order valence-electron chi connectivity index (χ1n) is 10.8. The van der Waals surface area contributed by atoms with E-state index in [1.807, 2.05) is 0 Å². The third kappa shape index (κ3) is 4.21. The maximum atomic E-state index is 14.3. The van der Waals surface area contributed by atoms with Gasteiger partial charge in [-0.1, -0.05) is 12.1 Å². The molecule has 2 aromatic rings. The quantitative estimate of drug-likeness (QED) is 0.603. The van der Waals surface area contributed by atoms with Crippen LogP contribution in [0.15, 0.2) is 42.5 Å². The molecule has 4 rings (SSSR count). The predicted molar refractivity (Wildman–Crippen MR) is 119 cm³/mol. The first-order chi connectivity index (χ1) is 16.9. The molecular weight excluding hydrogens is 482 g/mol. The summed E-state index contributed by atoms with van der Waals surface area (Å²) >= 11 is 0. The van der Waals surface area contributed by atoms with E-state index in [2.05, 4.69) is 0 Å². The minimum absolute atomic E-state index is 0.0794. The van der Waals surface area contributed by atoms with Crippen molar-refractivity contribution in [2.75, 3.05) is 38.6 Å². The molecule has 2 saturated heterocycles. The largest absolute Gasteiger partial charge is 0.416 e. The number of likely N-dealkylation sites (tertiary alicyclic amines) is 1. The number of carbonyl (C=O) groups is 3. The van der Waals surface area contributed by atoms with E-state index in [4.69, 9.17) is 5.26 Å². The van der Waals surface area contributed by atoms with E-state index in [1.165, 1.54) is 53.1 Å². The number of anilines is 1. The van der Waals surface area contributed by atoms with Crippen LogP contribution in [-0.2, 0) is 22.3 Å². The van der Waals surface area contributed by atoms with Gasteiger partial charge in [0.05, 0.1) is 24.2 Å². The van der Waals surface area contributed by atoms with Crippen LogP contribution in [0.25, 0.3) is 0 Å². The van der Waals surface area contributed by atoms with E-state index < -0.39 is 41.5 Å². The molecule has 1 spiro atoms. The lowest BCUT2D eigenvalue weighted by Gasteiger charge is -2.58. The summed E-state index contributed by atoms with van der Waals surface area (Å²) in [6.07, 6.45) is -4.52. The van der Waals surface area contributed by atoms with Crippen molar-refractivity contribution in [1.82, 2.24) is 14.7 Å². The highest BCUT2D eigenvalue weighted by Gasteiger charge is 2.61. The van der Waals surface area contributed by atoms with Gasteiger partial charge in [0.1, 0.15) is 18.4 Å². The number of halogens is 4. The van der Waals surface area contributed by atoms with Gasteiger partial charge in [-0.05, 0) is 35.9 Å². The Labute approximate surface area is 203 Å². The summed E-state index contributed by atoms with van der Waals surface area (Å²) in [5, 5.41) is 8.97. The number of rotatable bonds is 3. The molecule has 12 heteroatoms. The highest BCUT2D eigenvalue weighted by molar-refractivity contribution is 6.10. The topological polar surface area (TPSA) is 88.0 Å². The molecule has 0 unspecified atom stereocenters. The molecule has 0 aliphatic carbocycles. The number of benzene rings is 2. The molecule has 188 valence electrons. The highest BCUT2D eigenvalue weighted by atomic mass is 19.4. The normalized spacial score (nSPS) is 17.2. The Kier molecular flexibility index (Phi) is 6.12. The fourth-order valence-electron chi connectivity index (χ4n) is 4.40. The van der Waals surface area contributed by atoms with E-state index in [0.717, 1.165) is 23.1 Å². The zero-order valence-corrected chi connectivity index (χ0v) is 19.3. The van der Waals surface area contributed by atoms with Crippen molar-refractivity contribution in [3.05, 3.63) is 65.0 Å². The summed E-state index contributed by atoms with van der Waals surface area (Å²) in [6.45, 7) is -0.856. The smallest absolute Gasteiger partial charge is 0.331 e. The van der Waals surface area contributed by atoms with E-state index in [0.29, 0.717) is 5.56 Å². The number of piperazine rings is 1. The van der Waals surface area contributed by atoms with E-state index in [-0.39, 0.29) is 36.9 Å². The summed E-state index contributed by atoms with van der Waals surface area (Å²) in [7, 11) is 3.07. The van der Waals surface area contributed by atoms with Gasteiger partial charge in [-0.2, -0.15) is 18.4 Å². The van der Waals surface area contributed by atoms with Crippen LogP contribution >= 0.6 is 0 Å². The molecule has 8 nitrogen and oxygen atoms in total. The van der Waals surface area contributed by atoms with Gasteiger partial charge in [0.15, 0.2) is 5.54 Å². The lowest BCUT2D eigenvalue weighted by atomic mass is 9.83. The van der Waals surface area contributed by atoms with Gasteiger partial charge in [-0.25, -0.2) is 9.18 Å². The monoisotopic (exact) mass is 503 g/mol.